The van der Waals surface area contributed by atoms with Crippen LogP contribution in [0, 0.1) is 13.8 Å². The van der Waals surface area contributed by atoms with Gasteiger partial charge in [0.2, 0.25) is 0 Å². The normalized spacial score (nSPS) is 6.38. The zero-order chi connectivity index (χ0) is 7.82. The first kappa shape index (κ1) is 23.4. The minimum atomic E-state index is 0. The average molecular weight is 259 g/mol. The minimum absolute atomic E-state index is 0. The summed E-state index contributed by atoms with van der Waals surface area (Å²) in [6.45, 7) is 7.81. The van der Waals surface area contributed by atoms with Crippen molar-refractivity contribution >= 4 is 0 Å². The number of aryl methyl sites for hydroxylation is 1. The van der Waals surface area contributed by atoms with Crippen LogP contribution in [0.5, 0.6) is 0 Å². The summed E-state index contributed by atoms with van der Waals surface area (Å²) in [5, 5.41) is 0. The summed E-state index contributed by atoms with van der Waals surface area (Å²) < 4.78 is 0. The number of unbranched alkanes of at least 4 members (excludes halogenated alkanes) is 1. The van der Waals surface area contributed by atoms with Crippen molar-refractivity contribution in [1.82, 2.24) is 0 Å². The van der Waals surface area contributed by atoms with Gasteiger partial charge < -0.3 is 31.7 Å². The maximum Gasteiger partial charge on any atom is 4.00 e. The van der Waals surface area contributed by atoms with Crippen molar-refractivity contribution in [2.45, 2.75) is 26.7 Å². The van der Waals surface area contributed by atoms with Gasteiger partial charge in [0.15, 0.2) is 0 Å². The summed E-state index contributed by atoms with van der Waals surface area (Å²) in [5.41, 5.74) is 1.34. The maximum absolute atomic E-state index is 3.60. The molecule has 1 aromatic rings. The molecule has 0 amide bonds. The van der Waals surface area contributed by atoms with Gasteiger partial charge in [0.05, 0.1) is 0 Å². The van der Waals surface area contributed by atoms with E-state index in [1.54, 1.807) is 0 Å². The van der Waals surface area contributed by atoms with Crippen LogP contribution in [0.1, 0.15) is 25.3 Å². The predicted molar refractivity (Wildman–Crippen MR) is 47.0 cm³/mol. The van der Waals surface area contributed by atoms with Gasteiger partial charge in [-0.2, -0.15) is 24.1 Å². The molecule has 0 spiro atoms. The molecule has 0 radical (unpaired) electrons. The Morgan fingerprint density at radius 3 is 1.92 bits per heavy atom. The summed E-state index contributed by atoms with van der Waals surface area (Å²) in [6, 6.07) is 8.24. The summed E-state index contributed by atoms with van der Waals surface area (Å²) in [6.07, 6.45) is 2.28. The van der Waals surface area contributed by atoms with Gasteiger partial charge in [0, 0.05) is 0 Å². The molecule has 0 atom stereocenters. The third-order valence-corrected chi connectivity index (χ3v) is 1.18. The van der Waals surface area contributed by atoms with Crippen molar-refractivity contribution in [3.8, 4) is 0 Å². The second kappa shape index (κ2) is 18.3. The molecule has 1 aromatic carbocycles. The molecule has 76 valence electrons. The molecular weight excluding hydrogens is 243 g/mol. The van der Waals surface area contributed by atoms with E-state index in [4.69, 9.17) is 0 Å². The summed E-state index contributed by atoms with van der Waals surface area (Å²) in [7, 11) is 0. The van der Waals surface area contributed by atoms with Crippen molar-refractivity contribution in [2.75, 3.05) is 0 Å². The van der Waals surface area contributed by atoms with Gasteiger partial charge in [-0.05, 0) is 0 Å². The molecular formula is C10H16Cl2Cr. The average Bonchev–Trinajstić information content (AvgIpc) is 2.40. The van der Waals surface area contributed by atoms with Crippen LogP contribution in [0.15, 0.2) is 24.3 Å². The van der Waals surface area contributed by atoms with E-state index in [1.807, 2.05) is 12.1 Å². The Bertz CT molecular complexity index is 137. The molecule has 0 heterocycles. The maximum atomic E-state index is 3.60. The Hall–Kier alpha value is 0.462. The molecule has 3 heteroatoms. The minimum Gasteiger partial charge on any atom is -1.00 e. The molecule has 0 aliphatic heterocycles. The molecule has 0 fully saturated rings. The Morgan fingerprint density at radius 1 is 1.38 bits per heavy atom. The van der Waals surface area contributed by atoms with E-state index in [0.29, 0.717) is 0 Å². The van der Waals surface area contributed by atoms with Gasteiger partial charge in [-0.15, -0.1) is 0 Å². The Morgan fingerprint density at radius 2 is 1.85 bits per heavy atom. The number of halogens is 2. The SMILES string of the molecule is Cc1ccc[cH-]1.[CH2-]CCC.[Cl-].[Cl-].[Cr+4]. The Kier molecular flexibility index (Phi) is 32.8. The number of hydrogen-bond donors (Lipinski definition) is 0. The fourth-order valence-electron chi connectivity index (χ4n) is 0.470. The van der Waals surface area contributed by atoms with Gasteiger partial charge in [0.1, 0.15) is 0 Å². The molecule has 0 aliphatic rings. The van der Waals surface area contributed by atoms with E-state index in [0.717, 1.165) is 6.42 Å². The molecule has 0 unspecified atom stereocenters. The van der Waals surface area contributed by atoms with E-state index in [1.165, 1.54) is 12.0 Å². The molecule has 0 aliphatic carbocycles. The van der Waals surface area contributed by atoms with E-state index in [2.05, 4.69) is 32.9 Å². The van der Waals surface area contributed by atoms with Crippen LogP contribution in [0.2, 0.25) is 0 Å². The van der Waals surface area contributed by atoms with Crippen LogP contribution in [-0.4, -0.2) is 0 Å². The van der Waals surface area contributed by atoms with E-state index in [9.17, 15) is 0 Å². The Balaban J connectivity index is -0.0000000536. The number of rotatable bonds is 1. The van der Waals surface area contributed by atoms with E-state index in [-0.39, 0.29) is 42.2 Å². The summed E-state index contributed by atoms with van der Waals surface area (Å²) in [5.74, 6) is 0. The molecule has 0 N–H and O–H groups in total. The largest absolute Gasteiger partial charge is 4.00 e. The van der Waals surface area contributed by atoms with E-state index >= 15 is 0 Å². The third-order valence-electron chi connectivity index (χ3n) is 1.18. The van der Waals surface area contributed by atoms with Crippen LogP contribution in [-0.2, 0) is 17.4 Å². The Labute approximate surface area is 105 Å². The van der Waals surface area contributed by atoms with Gasteiger partial charge in [-0.1, -0.05) is 20.3 Å². The van der Waals surface area contributed by atoms with Gasteiger partial charge in [0.25, 0.3) is 0 Å². The molecule has 13 heavy (non-hydrogen) atoms. The monoisotopic (exact) mass is 258 g/mol. The van der Waals surface area contributed by atoms with Crippen molar-refractivity contribution in [3.05, 3.63) is 36.8 Å². The second-order valence-electron chi connectivity index (χ2n) is 2.32. The van der Waals surface area contributed by atoms with Crippen molar-refractivity contribution in [3.63, 3.8) is 0 Å². The molecule has 0 saturated heterocycles. The first-order valence-corrected chi connectivity index (χ1v) is 3.78. The fraction of sp³-hybridized carbons (Fsp3) is 0.400. The smallest absolute Gasteiger partial charge is 1.00 e. The zero-order valence-corrected chi connectivity index (χ0v) is 10.9. The third kappa shape index (κ3) is 19.0. The van der Waals surface area contributed by atoms with Crippen LogP contribution >= 0.6 is 0 Å². The summed E-state index contributed by atoms with van der Waals surface area (Å²) >= 11 is 0. The quantitative estimate of drug-likeness (QED) is 0.483. The van der Waals surface area contributed by atoms with Crippen LogP contribution in [0.4, 0.5) is 0 Å². The number of hydrogen-bond acceptors (Lipinski definition) is 0. The second-order valence-corrected chi connectivity index (χ2v) is 2.32. The zero-order valence-electron chi connectivity index (χ0n) is 8.09. The molecule has 1 rings (SSSR count). The molecule has 0 saturated carbocycles. The molecule has 0 bridgehead atoms. The standard InChI is InChI=1S/C6H7.C4H9.2ClH.Cr/c1-6-4-2-3-5-6;1-3-4-2;;;/h2-5H,1H3;1,3-4H2,2H3;2*1H;/q2*-1;;;+4/p-2. The predicted octanol–water partition coefficient (Wildman–Crippen LogP) is -2.66. The van der Waals surface area contributed by atoms with Crippen LogP contribution < -0.4 is 24.8 Å². The van der Waals surface area contributed by atoms with Crippen LogP contribution in [0.25, 0.3) is 0 Å². The van der Waals surface area contributed by atoms with Crippen LogP contribution in [0.3, 0.4) is 0 Å². The topological polar surface area (TPSA) is 0 Å². The van der Waals surface area contributed by atoms with Gasteiger partial charge in [-0.25, -0.2) is 12.1 Å². The van der Waals surface area contributed by atoms with Crippen molar-refractivity contribution in [2.24, 2.45) is 0 Å². The fourth-order valence-corrected chi connectivity index (χ4v) is 0.470. The van der Waals surface area contributed by atoms with E-state index < -0.39 is 0 Å². The van der Waals surface area contributed by atoms with Crippen molar-refractivity contribution < 1.29 is 42.2 Å². The first-order chi connectivity index (χ1) is 4.81. The summed E-state index contributed by atoms with van der Waals surface area (Å²) in [4.78, 5) is 0. The van der Waals surface area contributed by atoms with Crippen molar-refractivity contribution in [1.29, 1.82) is 0 Å². The first-order valence-electron chi connectivity index (χ1n) is 3.78. The van der Waals surface area contributed by atoms with Gasteiger partial charge in [-0.3, -0.25) is 0 Å². The molecule has 0 aromatic heterocycles. The van der Waals surface area contributed by atoms with Gasteiger partial charge >= 0.3 is 17.4 Å². The molecule has 0 nitrogen and oxygen atoms in total.